The average Bonchev–Trinajstić information content (AvgIpc) is 1.69. The summed E-state index contributed by atoms with van der Waals surface area (Å²) >= 11 is 0. The monoisotopic (exact) mass is 102 g/mol. The molecule has 2 heteroatoms. The number of nitrogens with one attached hydrogen (secondary N) is 1. The van der Waals surface area contributed by atoms with Crippen molar-refractivity contribution in [1.29, 1.82) is 0 Å². The minimum absolute atomic E-state index is 0.111. The lowest BCUT2D eigenvalue weighted by atomic mass is 10.4. The van der Waals surface area contributed by atoms with E-state index in [0.29, 0.717) is 0 Å². The van der Waals surface area contributed by atoms with Crippen molar-refractivity contribution in [1.82, 2.24) is 5.73 Å². The zero-order valence-electron chi connectivity index (χ0n) is 4.74. The second-order valence-electron chi connectivity index (χ2n) is 1.41. The van der Waals surface area contributed by atoms with E-state index in [2.05, 4.69) is 6.92 Å². The molecule has 0 heterocycles. The van der Waals surface area contributed by atoms with Crippen molar-refractivity contribution in [2.75, 3.05) is 13.3 Å². The molecule has 0 aromatic rings. The van der Waals surface area contributed by atoms with Gasteiger partial charge >= 0.3 is 0 Å². The Morgan fingerprint density at radius 3 is 2.71 bits per heavy atom. The van der Waals surface area contributed by atoms with Crippen molar-refractivity contribution in [3.05, 3.63) is 0 Å². The van der Waals surface area contributed by atoms with Crippen molar-refractivity contribution in [3.63, 3.8) is 0 Å². The van der Waals surface area contributed by atoms with Gasteiger partial charge in [-0.25, -0.2) is 5.73 Å². The normalized spacial score (nSPS) is 9.43. The van der Waals surface area contributed by atoms with Gasteiger partial charge in [-0.15, -0.1) is 0 Å². The molecule has 7 heavy (non-hydrogen) atoms. The summed E-state index contributed by atoms with van der Waals surface area (Å²) in [4.78, 5) is 0. The quantitative estimate of drug-likeness (QED) is 0.488. The Bertz CT molecular complexity index is 27.3. The third-order valence-corrected chi connectivity index (χ3v) is 0.744. The molecule has 1 N–H and O–H groups in total. The minimum atomic E-state index is 0.111. The largest absolute Gasteiger partial charge is 0.365 e. The molecule has 0 aliphatic rings. The van der Waals surface area contributed by atoms with E-state index in [0.717, 1.165) is 19.4 Å². The van der Waals surface area contributed by atoms with Gasteiger partial charge in [-0.3, -0.25) is 0 Å². The first-order chi connectivity index (χ1) is 3.41. The number of hydrogen-bond acceptors (Lipinski definition) is 1. The highest BCUT2D eigenvalue weighted by atomic mass is 16.5. The third-order valence-electron chi connectivity index (χ3n) is 0.744. The lowest BCUT2D eigenvalue weighted by Gasteiger charge is -1.94. The summed E-state index contributed by atoms with van der Waals surface area (Å²) in [5, 5.41) is 0. The summed E-state index contributed by atoms with van der Waals surface area (Å²) in [7, 11) is 0. The van der Waals surface area contributed by atoms with Gasteiger partial charge in [-0.1, -0.05) is 13.3 Å². The first-order valence-corrected chi connectivity index (χ1v) is 2.64. The molecule has 2 nitrogen and oxygen atoms in total. The van der Waals surface area contributed by atoms with Crippen LogP contribution in [0.1, 0.15) is 19.8 Å². The van der Waals surface area contributed by atoms with E-state index in [-0.39, 0.29) is 6.73 Å². The zero-order chi connectivity index (χ0) is 5.54. The van der Waals surface area contributed by atoms with Crippen LogP contribution in [-0.4, -0.2) is 13.3 Å². The lowest BCUT2D eigenvalue weighted by Crippen LogP contribution is -1.95. The van der Waals surface area contributed by atoms with Gasteiger partial charge in [0.25, 0.3) is 0 Å². The van der Waals surface area contributed by atoms with Crippen LogP contribution in [0.25, 0.3) is 0 Å². The molecule has 0 atom stereocenters. The smallest absolute Gasteiger partial charge is 0.109 e. The first kappa shape index (κ1) is 6.92. The van der Waals surface area contributed by atoms with Crippen molar-refractivity contribution < 1.29 is 4.74 Å². The fourth-order valence-electron chi connectivity index (χ4n) is 0.319. The molecule has 0 bridgehead atoms. The fourth-order valence-corrected chi connectivity index (χ4v) is 0.319. The van der Waals surface area contributed by atoms with Crippen LogP contribution in [0, 0.1) is 0 Å². The average molecular weight is 102 g/mol. The van der Waals surface area contributed by atoms with Crippen LogP contribution in [0.4, 0.5) is 0 Å². The highest BCUT2D eigenvalue weighted by Gasteiger charge is 1.79. The van der Waals surface area contributed by atoms with Gasteiger partial charge in [0, 0.05) is 6.61 Å². The van der Waals surface area contributed by atoms with Crippen molar-refractivity contribution in [2.45, 2.75) is 19.8 Å². The molecular weight excluding hydrogens is 90.1 g/mol. The molecule has 0 spiro atoms. The van der Waals surface area contributed by atoms with Crippen LogP contribution < -0.4 is 5.73 Å². The maximum Gasteiger partial charge on any atom is 0.109 e. The van der Waals surface area contributed by atoms with Crippen molar-refractivity contribution in [2.24, 2.45) is 0 Å². The molecular formula is C5H12NO. The van der Waals surface area contributed by atoms with Crippen LogP contribution in [0.15, 0.2) is 0 Å². The Balaban J connectivity index is 2.45. The Labute approximate surface area is 44.7 Å². The van der Waals surface area contributed by atoms with Gasteiger partial charge in [0.1, 0.15) is 6.73 Å². The van der Waals surface area contributed by atoms with E-state index < -0.39 is 0 Å². The number of rotatable bonds is 4. The molecule has 0 saturated carbocycles. The summed E-state index contributed by atoms with van der Waals surface area (Å²) in [5.41, 5.74) is 6.56. The molecule has 0 rings (SSSR count). The number of unbranched alkanes of at least 4 members (excludes halogenated alkanes) is 1. The fraction of sp³-hybridized carbons (Fsp3) is 1.00. The second kappa shape index (κ2) is 5.92. The van der Waals surface area contributed by atoms with Gasteiger partial charge in [-0.2, -0.15) is 0 Å². The molecule has 0 aromatic carbocycles. The van der Waals surface area contributed by atoms with Gasteiger partial charge in [0.15, 0.2) is 0 Å². The highest BCUT2D eigenvalue weighted by molar-refractivity contribution is 4.27. The van der Waals surface area contributed by atoms with Crippen molar-refractivity contribution >= 4 is 0 Å². The molecule has 0 aliphatic heterocycles. The van der Waals surface area contributed by atoms with E-state index in [1.54, 1.807) is 0 Å². The summed E-state index contributed by atoms with van der Waals surface area (Å²) < 4.78 is 4.74. The van der Waals surface area contributed by atoms with Crippen LogP contribution in [-0.2, 0) is 4.74 Å². The van der Waals surface area contributed by atoms with Gasteiger partial charge in [-0.05, 0) is 6.42 Å². The Kier molecular flexibility index (Phi) is 5.85. The van der Waals surface area contributed by atoms with Crippen molar-refractivity contribution in [3.8, 4) is 0 Å². The Morgan fingerprint density at radius 1 is 1.57 bits per heavy atom. The molecule has 0 unspecified atom stereocenters. The second-order valence-corrected chi connectivity index (χ2v) is 1.41. The molecule has 0 amide bonds. The Morgan fingerprint density at radius 2 is 2.29 bits per heavy atom. The van der Waals surface area contributed by atoms with Crippen LogP contribution in [0.5, 0.6) is 0 Å². The SMILES string of the molecule is CCCCOC[NH]. The summed E-state index contributed by atoms with van der Waals surface area (Å²) in [6.45, 7) is 2.97. The minimum Gasteiger partial charge on any atom is -0.365 e. The zero-order valence-corrected chi connectivity index (χ0v) is 4.74. The van der Waals surface area contributed by atoms with Crippen LogP contribution in [0.2, 0.25) is 0 Å². The lowest BCUT2D eigenvalue weighted by molar-refractivity contribution is 0.134. The maximum atomic E-state index is 6.56. The summed E-state index contributed by atoms with van der Waals surface area (Å²) in [6, 6.07) is 0. The molecule has 0 fully saturated rings. The van der Waals surface area contributed by atoms with E-state index in [9.17, 15) is 0 Å². The van der Waals surface area contributed by atoms with Crippen LogP contribution in [0.3, 0.4) is 0 Å². The summed E-state index contributed by atoms with van der Waals surface area (Å²) in [5.74, 6) is 0. The van der Waals surface area contributed by atoms with E-state index >= 15 is 0 Å². The highest BCUT2D eigenvalue weighted by Crippen LogP contribution is 1.84. The standard InChI is InChI=1S/C5H12NO/c1-2-3-4-7-5-6/h6H,2-5H2,1H3. The van der Waals surface area contributed by atoms with Gasteiger partial charge in [0.05, 0.1) is 0 Å². The van der Waals surface area contributed by atoms with Crippen LogP contribution >= 0.6 is 0 Å². The Hall–Kier alpha value is -0.0800. The summed E-state index contributed by atoms with van der Waals surface area (Å²) in [6.07, 6.45) is 2.24. The van der Waals surface area contributed by atoms with E-state index in [1.165, 1.54) is 0 Å². The number of ether oxygens (including phenoxy) is 1. The molecule has 0 aromatic heterocycles. The topological polar surface area (TPSA) is 33.0 Å². The molecule has 1 radical (unpaired) electrons. The molecule has 43 valence electrons. The third kappa shape index (κ3) is 5.92. The maximum absolute atomic E-state index is 6.56. The predicted octanol–water partition coefficient (Wildman–Crippen LogP) is 1.04. The van der Waals surface area contributed by atoms with E-state index in [1.807, 2.05) is 0 Å². The van der Waals surface area contributed by atoms with Gasteiger partial charge < -0.3 is 4.74 Å². The first-order valence-electron chi connectivity index (χ1n) is 2.64. The molecule has 0 saturated heterocycles. The molecule has 0 aliphatic carbocycles. The van der Waals surface area contributed by atoms with Gasteiger partial charge in [0.2, 0.25) is 0 Å². The predicted molar refractivity (Wildman–Crippen MR) is 28.8 cm³/mol. The van der Waals surface area contributed by atoms with E-state index in [4.69, 9.17) is 10.5 Å². The number of hydrogen-bond donors (Lipinski definition) is 0.